The fourth-order valence-corrected chi connectivity index (χ4v) is 5.21. The number of imide groups is 1. The first kappa shape index (κ1) is 19.8. The normalized spacial score (nSPS) is 19.7. The molecule has 1 aliphatic rings. The summed E-state index contributed by atoms with van der Waals surface area (Å²) in [5.74, 6) is -1.29. The van der Waals surface area contributed by atoms with E-state index in [9.17, 15) is 19.7 Å². The highest BCUT2D eigenvalue weighted by Gasteiger charge is 2.60. The Hall–Kier alpha value is -3.45. The number of nitro groups is 1. The van der Waals surface area contributed by atoms with E-state index in [1.165, 1.54) is 0 Å². The minimum absolute atomic E-state index is 0.425. The summed E-state index contributed by atoms with van der Waals surface area (Å²) < 4.78 is -1.44. The number of hydrogen-bond donors (Lipinski definition) is 0. The maximum absolute atomic E-state index is 13.9. The predicted molar refractivity (Wildman–Crippen MR) is 116 cm³/mol. The molecule has 3 aromatic carbocycles. The minimum atomic E-state index is -1.44. The van der Waals surface area contributed by atoms with E-state index in [1.807, 2.05) is 12.1 Å². The molecule has 6 nitrogen and oxygen atoms in total. The molecule has 1 heterocycles. The summed E-state index contributed by atoms with van der Waals surface area (Å²) in [5, 5.41) is 11.2. The SMILES string of the molecule is O=C1S[C@](c2ccccc2)([C@H](C[N+](=O)[O-])c2ccccc2)C(=O)N1c1ccccc1. The Morgan fingerprint density at radius 1 is 0.867 bits per heavy atom. The third kappa shape index (κ3) is 3.37. The zero-order valence-electron chi connectivity index (χ0n) is 15.9. The Morgan fingerprint density at radius 3 is 1.97 bits per heavy atom. The van der Waals surface area contributed by atoms with Crippen LogP contribution in [0.5, 0.6) is 0 Å². The molecule has 2 amide bonds. The molecule has 0 N–H and O–H groups in total. The average Bonchev–Trinajstić information content (AvgIpc) is 3.04. The molecule has 7 heteroatoms. The smallest absolute Gasteiger partial charge is 0.272 e. The molecule has 2 atom stereocenters. The zero-order chi connectivity index (χ0) is 21.1. The van der Waals surface area contributed by atoms with Gasteiger partial charge < -0.3 is 0 Å². The number of nitrogens with zero attached hydrogens (tertiary/aromatic N) is 2. The van der Waals surface area contributed by atoms with E-state index < -0.39 is 33.3 Å². The van der Waals surface area contributed by atoms with Crippen LogP contribution in [0.1, 0.15) is 17.0 Å². The van der Waals surface area contributed by atoms with Crippen molar-refractivity contribution in [1.82, 2.24) is 0 Å². The topological polar surface area (TPSA) is 80.5 Å². The Kier molecular flexibility index (Phi) is 5.37. The number of carbonyl (C=O) groups is 2. The third-order valence-electron chi connectivity index (χ3n) is 5.19. The van der Waals surface area contributed by atoms with Crippen molar-refractivity contribution in [3.63, 3.8) is 0 Å². The second kappa shape index (κ2) is 8.12. The number of thioether (sulfide) groups is 1. The van der Waals surface area contributed by atoms with Crippen LogP contribution in [0, 0.1) is 10.1 Å². The van der Waals surface area contributed by atoms with Crippen LogP contribution in [0.4, 0.5) is 10.5 Å². The summed E-state index contributed by atoms with van der Waals surface area (Å²) in [6.07, 6.45) is 0. The Balaban J connectivity index is 1.93. The summed E-state index contributed by atoms with van der Waals surface area (Å²) >= 11 is 0.855. The van der Waals surface area contributed by atoms with Crippen molar-refractivity contribution in [2.45, 2.75) is 10.7 Å². The number of anilines is 1. The molecule has 0 aliphatic carbocycles. The van der Waals surface area contributed by atoms with Crippen LogP contribution in [-0.4, -0.2) is 22.6 Å². The average molecular weight is 418 g/mol. The molecule has 3 aromatic rings. The Labute approximate surface area is 177 Å². The van der Waals surface area contributed by atoms with Crippen molar-refractivity contribution in [3.05, 3.63) is 112 Å². The van der Waals surface area contributed by atoms with Gasteiger partial charge in [0.25, 0.3) is 11.1 Å². The standard InChI is InChI=1S/C23H18N2O4S/c26-21-23(18-12-6-2-7-13-18,20(16-24(28)29)17-10-4-1-5-11-17)30-22(27)25(21)19-14-8-3-9-15-19/h1-15,20H,16H2/t20-,23-/m1/s1. The van der Waals surface area contributed by atoms with E-state index in [4.69, 9.17) is 0 Å². The van der Waals surface area contributed by atoms with Crippen molar-refractivity contribution < 1.29 is 14.5 Å². The highest BCUT2D eigenvalue weighted by molar-refractivity contribution is 8.16. The van der Waals surface area contributed by atoms with Crippen LogP contribution in [0.25, 0.3) is 0 Å². The number of rotatable bonds is 6. The molecule has 0 spiro atoms. The molecule has 150 valence electrons. The molecule has 1 saturated heterocycles. The van der Waals surface area contributed by atoms with Gasteiger partial charge in [0.1, 0.15) is 4.75 Å². The van der Waals surface area contributed by atoms with E-state index in [1.54, 1.807) is 78.9 Å². The van der Waals surface area contributed by atoms with Crippen LogP contribution in [0.15, 0.2) is 91.0 Å². The fraction of sp³-hybridized carbons (Fsp3) is 0.130. The van der Waals surface area contributed by atoms with Gasteiger partial charge >= 0.3 is 0 Å². The van der Waals surface area contributed by atoms with Gasteiger partial charge in [-0.2, -0.15) is 0 Å². The van der Waals surface area contributed by atoms with Gasteiger partial charge in [-0.3, -0.25) is 19.7 Å². The van der Waals surface area contributed by atoms with Gasteiger partial charge in [-0.25, -0.2) is 4.90 Å². The quantitative estimate of drug-likeness (QED) is 0.423. The second-order valence-electron chi connectivity index (χ2n) is 6.92. The van der Waals surface area contributed by atoms with Gasteiger partial charge in [0, 0.05) is 4.92 Å². The maximum Gasteiger partial charge on any atom is 0.294 e. The lowest BCUT2D eigenvalue weighted by Crippen LogP contribution is -2.44. The lowest BCUT2D eigenvalue weighted by Gasteiger charge is -2.32. The summed E-state index contributed by atoms with van der Waals surface area (Å²) in [5.41, 5.74) is 1.66. The molecule has 1 aliphatic heterocycles. The molecule has 0 saturated carbocycles. The van der Waals surface area contributed by atoms with Crippen molar-refractivity contribution in [1.29, 1.82) is 0 Å². The highest BCUT2D eigenvalue weighted by Crippen LogP contribution is 2.55. The van der Waals surface area contributed by atoms with Gasteiger partial charge in [0.05, 0.1) is 11.6 Å². The van der Waals surface area contributed by atoms with Crippen molar-refractivity contribution >= 4 is 28.6 Å². The largest absolute Gasteiger partial charge is 0.294 e. The molecule has 0 unspecified atom stereocenters. The van der Waals surface area contributed by atoms with Gasteiger partial charge in [-0.05, 0) is 35.0 Å². The summed E-state index contributed by atoms with van der Waals surface area (Å²) in [6, 6.07) is 26.4. The zero-order valence-corrected chi connectivity index (χ0v) is 16.7. The number of amides is 2. The van der Waals surface area contributed by atoms with Crippen LogP contribution < -0.4 is 4.90 Å². The van der Waals surface area contributed by atoms with Crippen LogP contribution in [0.3, 0.4) is 0 Å². The number of hydrogen-bond acceptors (Lipinski definition) is 5. The molecule has 0 bridgehead atoms. The van der Waals surface area contributed by atoms with E-state index in [-0.39, 0.29) is 0 Å². The Morgan fingerprint density at radius 2 is 1.40 bits per heavy atom. The summed E-state index contributed by atoms with van der Waals surface area (Å²) in [4.78, 5) is 39.3. The molecule has 1 fully saturated rings. The summed E-state index contributed by atoms with van der Waals surface area (Å²) in [7, 11) is 0. The first-order chi connectivity index (χ1) is 14.5. The third-order valence-corrected chi connectivity index (χ3v) is 6.57. The number of carbonyl (C=O) groups excluding carboxylic acids is 2. The van der Waals surface area contributed by atoms with Gasteiger partial charge in [0.2, 0.25) is 6.54 Å². The monoisotopic (exact) mass is 418 g/mol. The van der Waals surface area contributed by atoms with Crippen molar-refractivity contribution in [3.8, 4) is 0 Å². The molecular formula is C23H18N2O4S. The van der Waals surface area contributed by atoms with E-state index in [2.05, 4.69) is 0 Å². The summed E-state index contributed by atoms with van der Waals surface area (Å²) in [6.45, 7) is -0.479. The number of para-hydroxylation sites is 1. The van der Waals surface area contributed by atoms with E-state index in [0.717, 1.165) is 16.7 Å². The minimum Gasteiger partial charge on any atom is -0.272 e. The van der Waals surface area contributed by atoms with Crippen LogP contribution >= 0.6 is 11.8 Å². The second-order valence-corrected chi connectivity index (χ2v) is 8.12. The first-order valence-corrected chi connectivity index (χ1v) is 10.2. The van der Waals surface area contributed by atoms with E-state index in [0.29, 0.717) is 16.8 Å². The fourth-order valence-electron chi connectivity index (χ4n) is 3.87. The van der Waals surface area contributed by atoms with E-state index >= 15 is 0 Å². The van der Waals surface area contributed by atoms with Gasteiger partial charge in [-0.15, -0.1) is 0 Å². The van der Waals surface area contributed by atoms with Gasteiger partial charge in [-0.1, -0.05) is 78.9 Å². The van der Waals surface area contributed by atoms with Crippen molar-refractivity contribution in [2.75, 3.05) is 11.4 Å². The Bertz CT molecular complexity index is 1080. The predicted octanol–water partition coefficient (Wildman–Crippen LogP) is 4.84. The lowest BCUT2D eigenvalue weighted by atomic mass is 9.79. The molecule has 0 aromatic heterocycles. The molecule has 0 radical (unpaired) electrons. The maximum atomic E-state index is 13.9. The molecular weight excluding hydrogens is 400 g/mol. The van der Waals surface area contributed by atoms with Gasteiger partial charge in [0.15, 0.2) is 0 Å². The lowest BCUT2D eigenvalue weighted by molar-refractivity contribution is -0.484. The van der Waals surface area contributed by atoms with Crippen LogP contribution in [0.2, 0.25) is 0 Å². The first-order valence-electron chi connectivity index (χ1n) is 9.39. The molecule has 30 heavy (non-hydrogen) atoms. The highest BCUT2D eigenvalue weighted by atomic mass is 32.2. The van der Waals surface area contributed by atoms with Crippen molar-refractivity contribution in [2.24, 2.45) is 0 Å². The van der Waals surface area contributed by atoms with Crippen LogP contribution in [-0.2, 0) is 9.54 Å². The number of benzene rings is 3. The molecule has 4 rings (SSSR count).